The molecule has 0 radical (unpaired) electrons. The number of aromatic nitrogens is 2. The summed E-state index contributed by atoms with van der Waals surface area (Å²) >= 11 is 0. The molecule has 0 aliphatic heterocycles. The van der Waals surface area contributed by atoms with Crippen LogP contribution in [0.15, 0.2) is 59.3 Å². The van der Waals surface area contributed by atoms with Crippen LogP contribution in [0.3, 0.4) is 0 Å². The summed E-state index contributed by atoms with van der Waals surface area (Å²) in [6.45, 7) is 3.93. The van der Waals surface area contributed by atoms with E-state index in [0.717, 1.165) is 11.3 Å². The molecule has 2 aromatic carbocycles. The predicted molar refractivity (Wildman–Crippen MR) is 113 cm³/mol. The highest BCUT2D eigenvalue weighted by molar-refractivity contribution is 6.08. The topological polar surface area (TPSA) is 86.5 Å². The molecule has 0 amide bonds. The number of halogens is 1. The molecule has 0 saturated heterocycles. The van der Waals surface area contributed by atoms with Crippen LogP contribution in [0.1, 0.15) is 28.6 Å². The van der Waals surface area contributed by atoms with Gasteiger partial charge in [0.15, 0.2) is 0 Å². The number of carbonyl (C=O) groups excluding carboxylic acids is 1. The van der Waals surface area contributed by atoms with Crippen molar-refractivity contribution in [2.45, 2.75) is 20.5 Å². The second-order valence-electron chi connectivity index (χ2n) is 6.72. The molecule has 1 N–H and O–H groups in total. The normalized spacial score (nSPS) is 10.8. The molecule has 158 valence electrons. The largest absolute Gasteiger partial charge is 0.489 e. The number of fused-ring (bicyclic) bond motifs is 1. The number of esters is 1. The van der Waals surface area contributed by atoms with Gasteiger partial charge in [-0.2, -0.15) is 0 Å². The van der Waals surface area contributed by atoms with Crippen LogP contribution in [0, 0.1) is 12.7 Å². The van der Waals surface area contributed by atoms with Gasteiger partial charge in [0.2, 0.25) is 5.71 Å². The van der Waals surface area contributed by atoms with Crippen LogP contribution in [-0.4, -0.2) is 22.5 Å². The Morgan fingerprint density at radius 1 is 1.16 bits per heavy atom. The first-order chi connectivity index (χ1) is 15.0. The molecule has 2 aromatic heterocycles. The van der Waals surface area contributed by atoms with Crippen molar-refractivity contribution < 1.29 is 23.1 Å². The molecule has 8 heteroatoms. The standard InChI is InChI=1S/C23H20FN3O4/c1-3-29-23(28)19-14(2)31-22-20(19)21(25-13-26-22)27-17-7-9-18(10-8-17)30-12-15-5-4-6-16(24)11-15/h4-11,13H,3,12H2,1-2H3,(H,25,26,27). The van der Waals surface area contributed by atoms with Crippen LogP contribution in [-0.2, 0) is 11.3 Å². The summed E-state index contributed by atoms with van der Waals surface area (Å²) in [5.41, 5.74) is 2.07. The van der Waals surface area contributed by atoms with E-state index < -0.39 is 5.97 Å². The zero-order chi connectivity index (χ0) is 21.8. The zero-order valence-electron chi connectivity index (χ0n) is 17.0. The Morgan fingerprint density at radius 2 is 1.97 bits per heavy atom. The lowest BCUT2D eigenvalue weighted by atomic mass is 10.2. The number of furan rings is 1. The summed E-state index contributed by atoms with van der Waals surface area (Å²) in [5, 5.41) is 3.64. The monoisotopic (exact) mass is 421 g/mol. The molecule has 0 saturated carbocycles. The van der Waals surface area contributed by atoms with Gasteiger partial charge >= 0.3 is 5.97 Å². The number of nitrogens with zero attached hydrogens (tertiary/aromatic N) is 2. The van der Waals surface area contributed by atoms with Crippen molar-refractivity contribution in [3.63, 3.8) is 0 Å². The molecule has 0 aliphatic rings. The molecule has 0 bridgehead atoms. The Balaban J connectivity index is 1.53. The first kappa shape index (κ1) is 20.3. The second kappa shape index (κ2) is 8.83. The predicted octanol–water partition coefficient (Wildman–Crippen LogP) is 5.17. The lowest BCUT2D eigenvalue weighted by molar-refractivity contribution is 0.0526. The number of anilines is 2. The third-order valence-electron chi connectivity index (χ3n) is 4.56. The molecule has 7 nitrogen and oxygen atoms in total. The average Bonchev–Trinajstić information content (AvgIpc) is 3.10. The zero-order valence-corrected chi connectivity index (χ0v) is 17.0. The summed E-state index contributed by atoms with van der Waals surface area (Å²) in [6, 6.07) is 13.5. The van der Waals surface area contributed by atoms with Gasteiger partial charge in [0.25, 0.3) is 0 Å². The van der Waals surface area contributed by atoms with Crippen LogP contribution in [0.4, 0.5) is 15.9 Å². The maximum atomic E-state index is 13.3. The molecular weight excluding hydrogens is 401 g/mol. The first-order valence-corrected chi connectivity index (χ1v) is 9.70. The third kappa shape index (κ3) is 4.48. The van der Waals surface area contributed by atoms with Crippen molar-refractivity contribution in [1.82, 2.24) is 9.97 Å². The fourth-order valence-electron chi connectivity index (χ4n) is 3.15. The van der Waals surface area contributed by atoms with E-state index in [1.807, 2.05) is 12.1 Å². The lowest BCUT2D eigenvalue weighted by Gasteiger charge is -2.10. The summed E-state index contributed by atoms with van der Waals surface area (Å²) < 4.78 is 29.7. The minimum absolute atomic E-state index is 0.248. The molecule has 4 rings (SSSR count). The highest BCUT2D eigenvalue weighted by Crippen LogP contribution is 2.31. The van der Waals surface area contributed by atoms with Crippen LogP contribution in [0.25, 0.3) is 11.1 Å². The smallest absolute Gasteiger partial charge is 0.342 e. The van der Waals surface area contributed by atoms with Gasteiger partial charge < -0.3 is 19.2 Å². The maximum Gasteiger partial charge on any atom is 0.342 e. The van der Waals surface area contributed by atoms with Gasteiger partial charge in [-0.3, -0.25) is 0 Å². The molecule has 2 heterocycles. The van der Waals surface area contributed by atoms with E-state index in [-0.39, 0.29) is 19.0 Å². The molecule has 0 atom stereocenters. The van der Waals surface area contributed by atoms with Crippen LogP contribution in [0.5, 0.6) is 5.75 Å². The van der Waals surface area contributed by atoms with Crippen LogP contribution < -0.4 is 10.1 Å². The van der Waals surface area contributed by atoms with Gasteiger partial charge in [0, 0.05) is 5.69 Å². The average molecular weight is 421 g/mol. The van der Waals surface area contributed by atoms with E-state index in [1.54, 1.807) is 38.1 Å². The van der Waals surface area contributed by atoms with E-state index in [2.05, 4.69) is 15.3 Å². The van der Waals surface area contributed by atoms with Gasteiger partial charge in [-0.05, 0) is 55.8 Å². The number of hydrogen-bond donors (Lipinski definition) is 1. The Kier molecular flexibility index (Phi) is 5.79. The molecule has 4 aromatic rings. The van der Waals surface area contributed by atoms with Crippen LogP contribution >= 0.6 is 0 Å². The molecule has 0 spiro atoms. The van der Waals surface area contributed by atoms with E-state index in [9.17, 15) is 9.18 Å². The fraction of sp³-hybridized carbons (Fsp3) is 0.174. The minimum Gasteiger partial charge on any atom is -0.489 e. The van der Waals surface area contributed by atoms with E-state index in [1.165, 1.54) is 18.5 Å². The van der Waals surface area contributed by atoms with Crippen molar-refractivity contribution in [1.29, 1.82) is 0 Å². The maximum absolute atomic E-state index is 13.3. The number of nitrogens with one attached hydrogen (secondary N) is 1. The highest BCUT2D eigenvalue weighted by atomic mass is 19.1. The van der Waals surface area contributed by atoms with Gasteiger partial charge in [-0.15, -0.1) is 0 Å². The SMILES string of the molecule is CCOC(=O)c1c(C)oc2ncnc(Nc3ccc(OCc4cccc(F)c4)cc3)c12. The van der Waals surface area contributed by atoms with Crippen molar-refractivity contribution in [2.24, 2.45) is 0 Å². The van der Waals surface area contributed by atoms with E-state index >= 15 is 0 Å². The van der Waals surface area contributed by atoms with Crippen molar-refractivity contribution in [3.05, 3.63) is 77.6 Å². The Bertz CT molecular complexity index is 1220. The number of rotatable bonds is 7. The summed E-state index contributed by atoms with van der Waals surface area (Å²) in [6.07, 6.45) is 1.36. The molecular formula is C23H20FN3O4. The number of benzene rings is 2. The first-order valence-electron chi connectivity index (χ1n) is 9.70. The van der Waals surface area contributed by atoms with Crippen molar-refractivity contribution in [2.75, 3.05) is 11.9 Å². The molecule has 0 unspecified atom stereocenters. The number of carbonyl (C=O) groups is 1. The number of ether oxygens (including phenoxy) is 2. The van der Waals surface area contributed by atoms with Gasteiger partial charge in [0.1, 0.15) is 41.6 Å². The third-order valence-corrected chi connectivity index (χ3v) is 4.56. The highest BCUT2D eigenvalue weighted by Gasteiger charge is 2.23. The number of aryl methyl sites for hydroxylation is 1. The lowest BCUT2D eigenvalue weighted by Crippen LogP contribution is -2.06. The Labute approximate surface area is 177 Å². The summed E-state index contributed by atoms with van der Waals surface area (Å²) in [4.78, 5) is 20.8. The minimum atomic E-state index is -0.488. The van der Waals surface area contributed by atoms with E-state index in [0.29, 0.717) is 34.0 Å². The quantitative estimate of drug-likeness (QED) is 0.412. The second-order valence-corrected chi connectivity index (χ2v) is 6.72. The van der Waals surface area contributed by atoms with Crippen LogP contribution in [0.2, 0.25) is 0 Å². The van der Waals surface area contributed by atoms with E-state index in [4.69, 9.17) is 13.9 Å². The Morgan fingerprint density at radius 3 is 2.71 bits per heavy atom. The summed E-state index contributed by atoms with van der Waals surface area (Å²) in [7, 11) is 0. The van der Waals surface area contributed by atoms with Gasteiger partial charge in [-0.25, -0.2) is 19.2 Å². The van der Waals surface area contributed by atoms with Crippen molar-refractivity contribution >= 4 is 28.6 Å². The Hall–Kier alpha value is -3.94. The van der Waals surface area contributed by atoms with Gasteiger partial charge in [0.05, 0.1) is 12.0 Å². The number of hydrogen-bond acceptors (Lipinski definition) is 7. The molecule has 0 fully saturated rings. The van der Waals surface area contributed by atoms with Crippen molar-refractivity contribution in [3.8, 4) is 5.75 Å². The molecule has 0 aliphatic carbocycles. The summed E-state index contributed by atoms with van der Waals surface area (Å²) in [5.74, 6) is 0.691. The fourth-order valence-corrected chi connectivity index (χ4v) is 3.15. The van der Waals surface area contributed by atoms with Gasteiger partial charge in [-0.1, -0.05) is 12.1 Å². The molecule has 31 heavy (non-hydrogen) atoms.